The standard InChI is InChI=1S/C20H23N5O/c1-13-4-6-15(7-5-13)18(26)16-8-10-25(11-9-16)20-17-12-21-24(3)19(17)22-14(2)23-20/h4-7,12,16H,8-11H2,1-3H3. The Bertz CT molecular complexity index is 952. The molecule has 4 rings (SSSR count). The molecule has 134 valence electrons. The molecule has 0 bridgehead atoms. The van der Waals surface area contributed by atoms with Crippen LogP contribution in [0.25, 0.3) is 11.0 Å². The lowest BCUT2D eigenvalue weighted by Crippen LogP contribution is -2.37. The molecule has 0 unspecified atom stereocenters. The highest BCUT2D eigenvalue weighted by Gasteiger charge is 2.27. The number of anilines is 1. The first-order valence-electron chi connectivity index (χ1n) is 9.05. The summed E-state index contributed by atoms with van der Waals surface area (Å²) in [5, 5.41) is 5.29. The van der Waals surface area contributed by atoms with Crippen LogP contribution in [0, 0.1) is 19.8 Å². The molecule has 26 heavy (non-hydrogen) atoms. The van der Waals surface area contributed by atoms with E-state index in [9.17, 15) is 4.79 Å². The molecule has 0 spiro atoms. The van der Waals surface area contributed by atoms with E-state index < -0.39 is 0 Å². The normalized spacial score (nSPS) is 15.6. The molecule has 0 aliphatic carbocycles. The second kappa shape index (κ2) is 6.52. The van der Waals surface area contributed by atoms with Crippen molar-refractivity contribution in [2.45, 2.75) is 26.7 Å². The Morgan fingerprint density at radius 1 is 1.08 bits per heavy atom. The predicted octanol–water partition coefficient (Wildman–Crippen LogP) is 3.08. The number of Topliss-reactive ketones (excluding diaryl/α,β-unsaturated/α-hetero) is 1. The minimum Gasteiger partial charge on any atom is -0.356 e. The van der Waals surface area contributed by atoms with E-state index in [-0.39, 0.29) is 11.7 Å². The van der Waals surface area contributed by atoms with E-state index in [1.165, 1.54) is 5.56 Å². The fourth-order valence-corrected chi connectivity index (χ4v) is 3.66. The Hall–Kier alpha value is -2.76. The molecule has 1 aromatic carbocycles. The molecule has 3 aromatic rings. The summed E-state index contributed by atoms with van der Waals surface area (Å²) in [6.45, 7) is 5.59. The highest BCUT2D eigenvalue weighted by Crippen LogP contribution is 2.29. The molecule has 1 aliphatic heterocycles. The van der Waals surface area contributed by atoms with E-state index in [2.05, 4.69) is 20.0 Å². The average molecular weight is 349 g/mol. The topological polar surface area (TPSA) is 63.9 Å². The highest BCUT2D eigenvalue weighted by atomic mass is 16.1. The van der Waals surface area contributed by atoms with Crippen molar-refractivity contribution in [2.24, 2.45) is 13.0 Å². The Balaban J connectivity index is 1.52. The first-order chi connectivity index (χ1) is 12.5. The van der Waals surface area contributed by atoms with Gasteiger partial charge in [0.05, 0.1) is 11.6 Å². The van der Waals surface area contributed by atoms with Gasteiger partial charge in [-0.05, 0) is 26.7 Å². The Morgan fingerprint density at radius 2 is 1.77 bits per heavy atom. The number of nitrogens with zero attached hydrogens (tertiary/aromatic N) is 5. The van der Waals surface area contributed by atoms with Gasteiger partial charge in [-0.3, -0.25) is 9.48 Å². The lowest BCUT2D eigenvalue weighted by atomic mass is 9.88. The van der Waals surface area contributed by atoms with Gasteiger partial charge in [0.1, 0.15) is 11.6 Å². The number of carbonyl (C=O) groups excluding carboxylic acids is 1. The van der Waals surface area contributed by atoms with E-state index in [0.717, 1.165) is 54.2 Å². The molecule has 0 saturated carbocycles. The first kappa shape index (κ1) is 16.7. The molecule has 1 aliphatic rings. The van der Waals surface area contributed by atoms with Gasteiger partial charge in [-0.15, -0.1) is 0 Å². The minimum absolute atomic E-state index is 0.0845. The highest BCUT2D eigenvalue weighted by molar-refractivity contribution is 5.98. The Labute approximate surface area is 152 Å². The van der Waals surface area contributed by atoms with Crippen molar-refractivity contribution in [3.05, 3.63) is 47.4 Å². The van der Waals surface area contributed by atoms with Crippen LogP contribution in [0.15, 0.2) is 30.5 Å². The van der Waals surface area contributed by atoms with Gasteiger partial charge in [0, 0.05) is 31.6 Å². The molecule has 1 saturated heterocycles. The molecule has 0 amide bonds. The Kier molecular flexibility index (Phi) is 4.18. The number of hydrogen-bond acceptors (Lipinski definition) is 5. The molecule has 3 heterocycles. The second-order valence-corrected chi connectivity index (χ2v) is 7.09. The van der Waals surface area contributed by atoms with Crippen LogP contribution in [0.2, 0.25) is 0 Å². The van der Waals surface area contributed by atoms with E-state index in [0.29, 0.717) is 0 Å². The van der Waals surface area contributed by atoms with Gasteiger partial charge in [0.15, 0.2) is 11.4 Å². The molecule has 0 atom stereocenters. The largest absolute Gasteiger partial charge is 0.356 e. The van der Waals surface area contributed by atoms with E-state index in [1.54, 1.807) is 4.68 Å². The summed E-state index contributed by atoms with van der Waals surface area (Å²) in [4.78, 5) is 24.2. The lowest BCUT2D eigenvalue weighted by molar-refractivity contribution is 0.0900. The van der Waals surface area contributed by atoms with Crippen molar-refractivity contribution in [2.75, 3.05) is 18.0 Å². The molecule has 6 nitrogen and oxygen atoms in total. The SMILES string of the molecule is Cc1ccc(C(=O)C2CCN(c3nc(C)nc4c3cnn4C)CC2)cc1. The number of carbonyl (C=O) groups is 1. The summed E-state index contributed by atoms with van der Waals surface area (Å²) in [5.74, 6) is 2.02. The van der Waals surface area contributed by atoms with Gasteiger partial charge < -0.3 is 4.90 Å². The van der Waals surface area contributed by atoms with E-state index in [1.807, 2.05) is 51.4 Å². The van der Waals surface area contributed by atoms with Gasteiger partial charge in [0.25, 0.3) is 0 Å². The van der Waals surface area contributed by atoms with Gasteiger partial charge in [-0.25, -0.2) is 9.97 Å². The zero-order valence-electron chi connectivity index (χ0n) is 15.4. The number of fused-ring (bicyclic) bond motifs is 1. The number of hydrogen-bond donors (Lipinski definition) is 0. The summed E-state index contributed by atoms with van der Waals surface area (Å²) in [5.41, 5.74) is 2.85. The number of rotatable bonds is 3. The van der Waals surface area contributed by atoms with Crippen molar-refractivity contribution in [1.29, 1.82) is 0 Å². The zero-order chi connectivity index (χ0) is 18.3. The predicted molar refractivity (Wildman–Crippen MR) is 101 cm³/mol. The monoisotopic (exact) mass is 349 g/mol. The Morgan fingerprint density at radius 3 is 2.46 bits per heavy atom. The van der Waals surface area contributed by atoms with Crippen molar-refractivity contribution >= 4 is 22.6 Å². The summed E-state index contributed by atoms with van der Waals surface area (Å²) < 4.78 is 1.78. The maximum atomic E-state index is 12.8. The smallest absolute Gasteiger partial charge is 0.166 e. The summed E-state index contributed by atoms with van der Waals surface area (Å²) in [7, 11) is 1.89. The fraction of sp³-hybridized carbons (Fsp3) is 0.400. The fourth-order valence-electron chi connectivity index (χ4n) is 3.66. The van der Waals surface area contributed by atoms with Crippen molar-refractivity contribution in [1.82, 2.24) is 19.7 Å². The minimum atomic E-state index is 0.0845. The quantitative estimate of drug-likeness (QED) is 0.680. The molecule has 1 fully saturated rings. The number of aromatic nitrogens is 4. The molecule has 0 N–H and O–H groups in total. The number of piperidine rings is 1. The van der Waals surface area contributed by atoms with Crippen LogP contribution in [-0.2, 0) is 7.05 Å². The third-order valence-electron chi connectivity index (χ3n) is 5.19. The number of benzene rings is 1. The van der Waals surface area contributed by atoms with Gasteiger partial charge >= 0.3 is 0 Å². The van der Waals surface area contributed by atoms with Crippen molar-refractivity contribution in [3.8, 4) is 0 Å². The van der Waals surface area contributed by atoms with Crippen LogP contribution in [-0.4, -0.2) is 38.6 Å². The van der Waals surface area contributed by atoms with Gasteiger partial charge in [0.2, 0.25) is 0 Å². The van der Waals surface area contributed by atoms with Crippen LogP contribution in [0.5, 0.6) is 0 Å². The number of ketones is 1. The molecular formula is C20H23N5O. The third-order valence-corrected chi connectivity index (χ3v) is 5.19. The second-order valence-electron chi connectivity index (χ2n) is 7.09. The molecule has 6 heteroatoms. The van der Waals surface area contributed by atoms with Crippen LogP contribution in [0.3, 0.4) is 0 Å². The summed E-state index contributed by atoms with van der Waals surface area (Å²) in [6.07, 6.45) is 3.52. The maximum Gasteiger partial charge on any atom is 0.166 e. The molecule has 2 aromatic heterocycles. The average Bonchev–Trinajstić information content (AvgIpc) is 3.02. The lowest BCUT2D eigenvalue weighted by Gasteiger charge is -2.32. The van der Waals surface area contributed by atoms with Crippen LogP contribution < -0.4 is 4.90 Å². The summed E-state index contributed by atoms with van der Waals surface area (Å²) >= 11 is 0. The van der Waals surface area contributed by atoms with Gasteiger partial charge in [-0.1, -0.05) is 29.8 Å². The maximum absolute atomic E-state index is 12.8. The van der Waals surface area contributed by atoms with Crippen LogP contribution in [0.1, 0.15) is 34.6 Å². The van der Waals surface area contributed by atoms with E-state index in [4.69, 9.17) is 0 Å². The van der Waals surface area contributed by atoms with Crippen molar-refractivity contribution < 1.29 is 4.79 Å². The zero-order valence-corrected chi connectivity index (χ0v) is 15.4. The first-order valence-corrected chi connectivity index (χ1v) is 9.05. The molecular weight excluding hydrogens is 326 g/mol. The summed E-state index contributed by atoms with van der Waals surface area (Å²) in [6, 6.07) is 7.89. The van der Waals surface area contributed by atoms with Crippen LogP contribution in [0.4, 0.5) is 5.82 Å². The van der Waals surface area contributed by atoms with Gasteiger partial charge in [-0.2, -0.15) is 5.10 Å². The third kappa shape index (κ3) is 2.96. The molecule has 0 radical (unpaired) electrons. The number of aryl methyl sites for hydroxylation is 3. The van der Waals surface area contributed by atoms with Crippen LogP contribution >= 0.6 is 0 Å². The van der Waals surface area contributed by atoms with E-state index >= 15 is 0 Å². The van der Waals surface area contributed by atoms with Crippen molar-refractivity contribution in [3.63, 3.8) is 0 Å².